The fraction of sp³-hybridized carbons (Fsp3) is 0.357. The van der Waals surface area contributed by atoms with Crippen LogP contribution in [0.15, 0.2) is 72.8 Å². The number of ether oxygens (including phenoxy) is 1. The third kappa shape index (κ3) is 4.33. The van der Waals surface area contributed by atoms with Crippen molar-refractivity contribution >= 4 is 17.1 Å². The van der Waals surface area contributed by atoms with Gasteiger partial charge in [-0.15, -0.1) is 0 Å². The lowest BCUT2D eigenvalue weighted by Crippen LogP contribution is -2.39. The molecule has 1 atom stereocenters. The van der Waals surface area contributed by atoms with Gasteiger partial charge < -0.3 is 14.5 Å². The zero-order valence-corrected chi connectivity index (χ0v) is 19.2. The fourth-order valence-electron chi connectivity index (χ4n) is 5.02. The number of nitrogens with zero attached hydrogens (tertiary/aromatic N) is 3. The first-order valence-corrected chi connectivity index (χ1v) is 11.8. The van der Waals surface area contributed by atoms with E-state index in [0.29, 0.717) is 12.6 Å². The molecule has 0 bridgehead atoms. The molecule has 2 aliphatic rings. The standard InChI is InChI=1S/C28H33N3O/c1-29(2)24-15-13-22(14-16-24)17-19-30-18-7-9-25(30)20-31-26-10-4-3-8-23(26)21-32-28-12-6-5-11-27(28)31/h3-6,8,10-16,25H,7,9,17-21H2,1-2H3/t25-/m0/s1. The Morgan fingerprint density at radius 1 is 0.906 bits per heavy atom. The van der Waals surface area contributed by atoms with Crippen LogP contribution in [0.1, 0.15) is 24.0 Å². The average Bonchev–Trinajstić information content (AvgIpc) is 3.21. The van der Waals surface area contributed by atoms with Crippen molar-refractivity contribution in [3.05, 3.63) is 83.9 Å². The molecule has 166 valence electrons. The molecule has 0 radical (unpaired) electrons. The molecule has 0 spiro atoms. The van der Waals surface area contributed by atoms with Crippen LogP contribution in [-0.2, 0) is 13.0 Å². The van der Waals surface area contributed by atoms with E-state index in [1.54, 1.807) is 0 Å². The Bertz CT molecular complexity index is 999. The fourth-order valence-corrected chi connectivity index (χ4v) is 5.02. The second kappa shape index (κ2) is 9.25. The number of fused-ring (bicyclic) bond motifs is 2. The van der Waals surface area contributed by atoms with Gasteiger partial charge >= 0.3 is 0 Å². The molecule has 0 saturated carbocycles. The van der Waals surface area contributed by atoms with Crippen LogP contribution < -0.4 is 14.5 Å². The number of para-hydroxylation sites is 3. The third-order valence-corrected chi connectivity index (χ3v) is 6.85. The van der Waals surface area contributed by atoms with Crippen LogP contribution in [0.3, 0.4) is 0 Å². The first-order chi connectivity index (χ1) is 15.7. The molecule has 3 aromatic carbocycles. The Morgan fingerprint density at radius 2 is 1.66 bits per heavy atom. The normalized spacial score (nSPS) is 17.9. The van der Waals surface area contributed by atoms with Crippen molar-refractivity contribution in [1.82, 2.24) is 4.90 Å². The van der Waals surface area contributed by atoms with Crippen LogP contribution >= 0.6 is 0 Å². The summed E-state index contributed by atoms with van der Waals surface area (Å²) in [5, 5.41) is 0. The molecular weight excluding hydrogens is 394 g/mol. The van der Waals surface area contributed by atoms with Crippen molar-refractivity contribution in [3.8, 4) is 5.75 Å². The zero-order valence-electron chi connectivity index (χ0n) is 19.2. The van der Waals surface area contributed by atoms with Crippen molar-refractivity contribution in [1.29, 1.82) is 0 Å². The van der Waals surface area contributed by atoms with Crippen LogP contribution in [0.5, 0.6) is 5.75 Å². The summed E-state index contributed by atoms with van der Waals surface area (Å²) >= 11 is 0. The van der Waals surface area contributed by atoms with Crippen molar-refractivity contribution in [2.45, 2.75) is 31.9 Å². The minimum absolute atomic E-state index is 0.551. The number of anilines is 3. The van der Waals surface area contributed by atoms with E-state index in [1.807, 2.05) is 0 Å². The van der Waals surface area contributed by atoms with E-state index in [1.165, 1.54) is 47.6 Å². The SMILES string of the molecule is CN(C)c1ccc(CCN2CCC[C@H]2CN2c3ccccc3COc3ccccc32)cc1. The van der Waals surface area contributed by atoms with Gasteiger partial charge in [-0.25, -0.2) is 0 Å². The van der Waals surface area contributed by atoms with Gasteiger partial charge in [0.2, 0.25) is 0 Å². The summed E-state index contributed by atoms with van der Waals surface area (Å²) in [5.41, 5.74) is 6.40. The van der Waals surface area contributed by atoms with E-state index in [-0.39, 0.29) is 0 Å². The Labute approximate surface area is 192 Å². The summed E-state index contributed by atoms with van der Waals surface area (Å²) in [5.74, 6) is 0.981. The quantitative estimate of drug-likeness (QED) is 0.518. The lowest BCUT2D eigenvalue weighted by atomic mass is 10.1. The molecule has 0 amide bonds. The molecule has 1 fully saturated rings. The van der Waals surface area contributed by atoms with Crippen LogP contribution in [-0.4, -0.2) is 44.7 Å². The van der Waals surface area contributed by atoms with Gasteiger partial charge in [0, 0.05) is 50.2 Å². The Hall–Kier alpha value is -2.98. The van der Waals surface area contributed by atoms with Crippen LogP contribution in [0.25, 0.3) is 0 Å². The molecule has 2 aliphatic heterocycles. The molecule has 2 heterocycles. The van der Waals surface area contributed by atoms with E-state index < -0.39 is 0 Å². The van der Waals surface area contributed by atoms with Gasteiger partial charge in [-0.1, -0.05) is 42.5 Å². The Morgan fingerprint density at radius 3 is 2.47 bits per heavy atom. The van der Waals surface area contributed by atoms with Crippen molar-refractivity contribution in [3.63, 3.8) is 0 Å². The maximum Gasteiger partial charge on any atom is 0.143 e. The topological polar surface area (TPSA) is 19.0 Å². The molecule has 32 heavy (non-hydrogen) atoms. The van der Waals surface area contributed by atoms with Crippen molar-refractivity contribution in [2.75, 3.05) is 43.5 Å². The summed E-state index contributed by atoms with van der Waals surface area (Å²) in [6.45, 7) is 3.92. The van der Waals surface area contributed by atoms with Crippen molar-refractivity contribution in [2.24, 2.45) is 0 Å². The molecule has 4 nitrogen and oxygen atoms in total. The van der Waals surface area contributed by atoms with Gasteiger partial charge in [-0.2, -0.15) is 0 Å². The van der Waals surface area contributed by atoms with Gasteiger partial charge in [0.15, 0.2) is 0 Å². The highest BCUT2D eigenvalue weighted by Crippen LogP contribution is 2.40. The summed E-state index contributed by atoms with van der Waals surface area (Å²) in [7, 11) is 4.18. The molecule has 0 aromatic heterocycles. The summed E-state index contributed by atoms with van der Waals surface area (Å²) < 4.78 is 6.17. The number of rotatable bonds is 6. The van der Waals surface area contributed by atoms with Crippen LogP contribution in [0.2, 0.25) is 0 Å². The molecular formula is C28H33N3O. The lowest BCUT2D eigenvalue weighted by molar-refractivity contribution is 0.261. The minimum Gasteiger partial charge on any atom is -0.487 e. The highest BCUT2D eigenvalue weighted by Gasteiger charge is 2.29. The largest absolute Gasteiger partial charge is 0.487 e. The first-order valence-electron chi connectivity index (χ1n) is 11.8. The number of hydrogen-bond acceptors (Lipinski definition) is 4. The summed E-state index contributed by atoms with van der Waals surface area (Å²) in [6.07, 6.45) is 3.62. The molecule has 0 aliphatic carbocycles. The van der Waals surface area contributed by atoms with Gasteiger partial charge in [0.1, 0.15) is 12.4 Å². The maximum atomic E-state index is 6.17. The molecule has 0 unspecified atom stereocenters. The van der Waals surface area contributed by atoms with Crippen LogP contribution in [0.4, 0.5) is 17.1 Å². The molecule has 0 N–H and O–H groups in total. The minimum atomic E-state index is 0.551. The van der Waals surface area contributed by atoms with E-state index in [2.05, 4.69) is 102 Å². The van der Waals surface area contributed by atoms with Gasteiger partial charge in [0.05, 0.1) is 5.69 Å². The molecule has 4 heteroatoms. The summed E-state index contributed by atoms with van der Waals surface area (Å²) in [4.78, 5) is 7.34. The van der Waals surface area contributed by atoms with E-state index in [9.17, 15) is 0 Å². The Balaban J connectivity index is 1.33. The van der Waals surface area contributed by atoms with E-state index in [4.69, 9.17) is 4.74 Å². The zero-order chi connectivity index (χ0) is 21.9. The second-order valence-corrected chi connectivity index (χ2v) is 9.14. The van der Waals surface area contributed by atoms with Crippen LogP contribution in [0, 0.1) is 0 Å². The predicted octanol–water partition coefficient (Wildman–Crippen LogP) is 5.49. The molecule has 1 saturated heterocycles. The predicted molar refractivity (Wildman–Crippen MR) is 133 cm³/mol. The Kier molecular flexibility index (Phi) is 6.04. The first kappa shape index (κ1) is 20.9. The molecule has 3 aromatic rings. The van der Waals surface area contributed by atoms with E-state index >= 15 is 0 Å². The average molecular weight is 428 g/mol. The van der Waals surface area contributed by atoms with E-state index in [0.717, 1.165) is 25.3 Å². The van der Waals surface area contributed by atoms with Crippen molar-refractivity contribution < 1.29 is 4.74 Å². The highest BCUT2D eigenvalue weighted by atomic mass is 16.5. The monoisotopic (exact) mass is 427 g/mol. The van der Waals surface area contributed by atoms with Gasteiger partial charge in [0.25, 0.3) is 0 Å². The number of benzene rings is 3. The maximum absolute atomic E-state index is 6.17. The van der Waals surface area contributed by atoms with Gasteiger partial charge in [-0.3, -0.25) is 4.90 Å². The third-order valence-electron chi connectivity index (χ3n) is 6.85. The smallest absolute Gasteiger partial charge is 0.143 e. The summed E-state index contributed by atoms with van der Waals surface area (Å²) in [6, 6.07) is 26.7. The second-order valence-electron chi connectivity index (χ2n) is 9.14. The molecule has 5 rings (SSSR count). The lowest BCUT2D eigenvalue weighted by Gasteiger charge is -2.32. The number of hydrogen-bond donors (Lipinski definition) is 0. The highest BCUT2D eigenvalue weighted by molar-refractivity contribution is 5.72. The number of likely N-dealkylation sites (tertiary alicyclic amines) is 1. The van der Waals surface area contributed by atoms with Gasteiger partial charge in [-0.05, 0) is 61.7 Å².